The number of fused-ring (bicyclic) bond motifs is 2. The summed E-state index contributed by atoms with van der Waals surface area (Å²) in [6.45, 7) is 4.96. The maximum atomic E-state index is 12.1. The highest BCUT2D eigenvalue weighted by atomic mass is 32.3. The number of benzene rings is 4. The third-order valence-corrected chi connectivity index (χ3v) is 15.7. The van der Waals surface area contributed by atoms with Gasteiger partial charge in [-0.15, -0.1) is 23.5 Å². The Hall–Kier alpha value is -1.81. The molecule has 2 aliphatic heterocycles. The van der Waals surface area contributed by atoms with Gasteiger partial charge in [0.15, 0.2) is 0 Å². The molecule has 0 radical (unpaired) electrons. The van der Waals surface area contributed by atoms with Crippen molar-refractivity contribution < 1.29 is 9.53 Å². The minimum absolute atomic E-state index is 0.229. The summed E-state index contributed by atoms with van der Waals surface area (Å²) < 4.78 is 11.1. The van der Waals surface area contributed by atoms with E-state index in [2.05, 4.69) is 68.6 Å². The molecule has 44 heavy (non-hydrogen) atoms. The van der Waals surface area contributed by atoms with E-state index in [0.717, 1.165) is 31.4 Å². The van der Waals surface area contributed by atoms with E-state index in [9.17, 15) is 4.79 Å². The minimum atomic E-state index is -0.229. The van der Waals surface area contributed by atoms with E-state index in [-0.39, 0.29) is 5.97 Å². The first-order valence-corrected chi connectivity index (χ1v) is 20.2. The predicted molar refractivity (Wildman–Crippen MR) is 204 cm³/mol. The van der Waals surface area contributed by atoms with Gasteiger partial charge in [0.25, 0.3) is 0 Å². The standard InChI is InChI=1S/C36H34O2S6/c1-23-24(2)42-33(41-23)30-26-17-9-11-19-28(26)31(29-20-12-10-18-27(29)30)34-43-35(39-3)36(44-34)40-22-14-5-4-13-21-38-32(37)25-15-7-6-8-16-25/h6-12,15-20H,4-5,13-14,21-22H2,1-3H3. The molecule has 226 valence electrons. The largest absolute Gasteiger partial charge is 0.462 e. The van der Waals surface area contributed by atoms with E-state index in [0.29, 0.717) is 12.2 Å². The van der Waals surface area contributed by atoms with Crippen LogP contribution in [0.2, 0.25) is 0 Å². The fourth-order valence-electron chi connectivity index (χ4n) is 5.25. The average Bonchev–Trinajstić information content (AvgIpc) is 3.62. The molecule has 0 aliphatic carbocycles. The van der Waals surface area contributed by atoms with Crippen molar-refractivity contribution in [3.8, 4) is 0 Å². The fraction of sp³-hybridized carbons (Fsp3) is 0.250. The van der Waals surface area contributed by atoms with E-state index in [1.807, 2.05) is 88.8 Å². The number of carbonyl (C=O) groups is 1. The lowest BCUT2D eigenvalue weighted by molar-refractivity contribution is 0.0498. The first kappa shape index (κ1) is 32.1. The van der Waals surface area contributed by atoms with Crippen LogP contribution in [0.5, 0.6) is 0 Å². The molecule has 8 heteroatoms. The number of unbranched alkanes of at least 4 members (excludes halogenated alkanes) is 3. The number of hydrogen-bond acceptors (Lipinski definition) is 8. The van der Waals surface area contributed by atoms with Crippen LogP contribution in [-0.2, 0) is 4.74 Å². The summed E-state index contributed by atoms with van der Waals surface area (Å²) in [5.41, 5.74) is 0.620. The molecule has 0 saturated carbocycles. The fourth-order valence-corrected chi connectivity index (χ4v) is 13.5. The van der Waals surface area contributed by atoms with Gasteiger partial charge in [-0.2, -0.15) is 0 Å². The van der Waals surface area contributed by atoms with Crippen LogP contribution in [0.3, 0.4) is 0 Å². The molecule has 0 amide bonds. The first-order chi connectivity index (χ1) is 21.5. The van der Waals surface area contributed by atoms with Crippen molar-refractivity contribution in [3.05, 3.63) is 113 Å². The normalized spacial score (nSPS) is 15.3. The van der Waals surface area contributed by atoms with Crippen molar-refractivity contribution in [1.82, 2.24) is 0 Å². The number of hydrogen-bond donors (Lipinski definition) is 0. The van der Waals surface area contributed by atoms with Crippen LogP contribution in [0, 0.1) is 0 Å². The summed E-state index contributed by atoms with van der Waals surface area (Å²) in [5, 5.41) is 8.11. The zero-order chi connectivity index (χ0) is 30.5. The molecular weight excluding hydrogens is 657 g/mol. The van der Waals surface area contributed by atoms with Crippen molar-refractivity contribution in [2.75, 3.05) is 18.6 Å². The Bertz CT molecular complexity index is 1820. The second-order valence-electron chi connectivity index (χ2n) is 10.5. The molecular formula is C36H34O2S6. The van der Waals surface area contributed by atoms with E-state index in [1.54, 1.807) is 12.1 Å². The van der Waals surface area contributed by atoms with Crippen molar-refractivity contribution in [3.63, 3.8) is 0 Å². The molecule has 6 rings (SSSR count). The van der Waals surface area contributed by atoms with Crippen molar-refractivity contribution in [1.29, 1.82) is 0 Å². The zero-order valence-electron chi connectivity index (χ0n) is 25.0. The maximum absolute atomic E-state index is 12.1. The van der Waals surface area contributed by atoms with Gasteiger partial charge in [-0.1, -0.05) is 127 Å². The molecule has 0 aromatic heterocycles. The number of carbonyl (C=O) groups excluding carboxylic acids is 1. The lowest BCUT2D eigenvalue weighted by atomic mass is 9.99. The van der Waals surface area contributed by atoms with E-state index in [4.69, 9.17) is 4.74 Å². The van der Waals surface area contributed by atoms with Crippen LogP contribution in [-0.4, -0.2) is 24.6 Å². The molecule has 0 bridgehead atoms. The molecule has 0 N–H and O–H groups in total. The molecule has 2 nitrogen and oxygen atoms in total. The molecule has 0 spiro atoms. The quantitative estimate of drug-likeness (QED) is 0.0922. The number of rotatable bonds is 10. The topological polar surface area (TPSA) is 26.3 Å². The number of thioether (sulfide) groups is 6. The summed E-state index contributed by atoms with van der Waals surface area (Å²) in [7, 11) is 0. The second-order valence-corrected chi connectivity index (χ2v) is 17.9. The van der Waals surface area contributed by atoms with Gasteiger partial charge in [-0.3, -0.25) is 0 Å². The molecule has 2 aliphatic rings. The third kappa shape index (κ3) is 7.11. The number of ether oxygens (including phenoxy) is 1. The van der Waals surface area contributed by atoms with Gasteiger partial charge in [0, 0.05) is 10.4 Å². The van der Waals surface area contributed by atoms with Crippen molar-refractivity contribution >= 4 is 107 Å². The SMILES string of the molecule is CSC1=C(SCCCCCCOC(=O)c2ccccc2)SC(=c2c3ccccc3c(=C3SC(C)=C(C)S3)c3ccccc23)S1. The van der Waals surface area contributed by atoms with Crippen LogP contribution in [0.4, 0.5) is 0 Å². The van der Waals surface area contributed by atoms with Gasteiger partial charge in [0.1, 0.15) is 0 Å². The van der Waals surface area contributed by atoms with E-state index >= 15 is 0 Å². The van der Waals surface area contributed by atoms with Gasteiger partial charge in [0.05, 0.1) is 29.1 Å². The molecule has 2 heterocycles. The molecule has 0 fully saturated rings. The average molecular weight is 691 g/mol. The highest BCUT2D eigenvalue weighted by Gasteiger charge is 2.24. The zero-order valence-corrected chi connectivity index (χ0v) is 29.9. The Morgan fingerprint density at radius 3 is 1.70 bits per heavy atom. The van der Waals surface area contributed by atoms with Crippen LogP contribution >= 0.6 is 70.6 Å². The van der Waals surface area contributed by atoms with Crippen LogP contribution in [0.15, 0.2) is 97.1 Å². The second kappa shape index (κ2) is 15.2. The monoisotopic (exact) mass is 690 g/mol. The molecule has 0 unspecified atom stereocenters. The Morgan fingerprint density at radius 2 is 1.14 bits per heavy atom. The molecule has 0 saturated heterocycles. The van der Waals surface area contributed by atoms with Crippen LogP contribution in [0.25, 0.3) is 30.0 Å². The molecule has 0 atom stereocenters. The van der Waals surface area contributed by atoms with Gasteiger partial charge in [-0.25, -0.2) is 4.79 Å². The Balaban J connectivity index is 1.16. The Morgan fingerprint density at radius 1 is 0.636 bits per heavy atom. The van der Waals surface area contributed by atoms with E-state index < -0.39 is 0 Å². The lowest BCUT2D eigenvalue weighted by Gasteiger charge is -2.11. The Kier molecular flexibility index (Phi) is 11.1. The minimum Gasteiger partial charge on any atom is -0.462 e. The number of allylic oxidation sites excluding steroid dienone is 2. The predicted octanol–water partition coefficient (Wildman–Crippen LogP) is 11.0. The molecule has 4 aromatic rings. The Labute approximate surface area is 285 Å². The lowest BCUT2D eigenvalue weighted by Crippen LogP contribution is -2.16. The van der Waals surface area contributed by atoms with Gasteiger partial charge in [0.2, 0.25) is 0 Å². The highest BCUT2D eigenvalue weighted by Crippen LogP contribution is 2.57. The molecule has 4 aromatic carbocycles. The van der Waals surface area contributed by atoms with E-state index in [1.165, 1.54) is 58.7 Å². The third-order valence-electron chi connectivity index (χ3n) is 7.56. The van der Waals surface area contributed by atoms with Gasteiger partial charge >= 0.3 is 5.97 Å². The highest BCUT2D eigenvalue weighted by molar-refractivity contribution is 8.45. The maximum Gasteiger partial charge on any atom is 0.338 e. The van der Waals surface area contributed by atoms with Crippen molar-refractivity contribution in [2.24, 2.45) is 0 Å². The van der Waals surface area contributed by atoms with Crippen LogP contribution < -0.4 is 10.4 Å². The summed E-state index contributed by atoms with van der Waals surface area (Å²) in [4.78, 5) is 14.9. The van der Waals surface area contributed by atoms with Gasteiger partial charge in [-0.05, 0) is 82.2 Å². The summed E-state index contributed by atoms with van der Waals surface area (Å²) in [6, 6.07) is 27.2. The number of esters is 1. The summed E-state index contributed by atoms with van der Waals surface area (Å²) in [5.74, 6) is 0.871. The van der Waals surface area contributed by atoms with Crippen molar-refractivity contribution in [2.45, 2.75) is 39.5 Å². The first-order valence-electron chi connectivity index (χ1n) is 14.8. The van der Waals surface area contributed by atoms with Gasteiger partial charge < -0.3 is 4.74 Å². The smallest absolute Gasteiger partial charge is 0.338 e. The van der Waals surface area contributed by atoms with Crippen LogP contribution in [0.1, 0.15) is 49.9 Å². The summed E-state index contributed by atoms with van der Waals surface area (Å²) >= 11 is 11.6. The summed E-state index contributed by atoms with van der Waals surface area (Å²) in [6.07, 6.45) is 6.48.